The summed E-state index contributed by atoms with van der Waals surface area (Å²) in [5.74, 6) is 0. The first-order valence-electron chi connectivity index (χ1n) is 46.6. The molecule has 0 amide bonds. The summed E-state index contributed by atoms with van der Waals surface area (Å²) in [5.41, 5.74) is 27.4. The van der Waals surface area contributed by atoms with E-state index in [0.29, 0.717) is 0 Å². The molecule has 0 heterocycles. The first-order valence-corrected chi connectivity index (χ1v) is 46.6. The van der Waals surface area contributed by atoms with Crippen molar-refractivity contribution in [2.75, 3.05) is 0 Å². The second-order valence-corrected chi connectivity index (χ2v) is 20.0. The highest BCUT2D eigenvalue weighted by molar-refractivity contribution is 5.98. The van der Waals surface area contributed by atoms with E-state index in [1.54, 1.807) is 33.4 Å². The van der Waals surface area contributed by atoms with Crippen LogP contribution in [0.25, 0.3) is 54.6 Å². The van der Waals surface area contributed by atoms with Gasteiger partial charge in [-0.15, -0.1) is 0 Å². The van der Waals surface area contributed by atoms with E-state index >= 15 is 0 Å². The minimum Gasteiger partial charge on any atom is -0.0683 e. The van der Waals surface area contributed by atoms with Crippen molar-refractivity contribution in [3.05, 3.63) is 284 Å². The number of hydrogen-bond donors (Lipinski definition) is 0. The maximum atomic E-state index is 2.43. The molecule has 0 fully saturated rings. The van der Waals surface area contributed by atoms with E-state index in [1.165, 1.54) is 112 Å². The van der Waals surface area contributed by atoms with Crippen molar-refractivity contribution in [3.63, 3.8) is 0 Å². The average molecular weight is 1550 g/mol. The molecule has 0 heteroatoms. The van der Waals surface area contributed by atoms with Crippen LogP contribution in [0.1, 0.15) is 392 Å². The smallest absolute Gasteiger partial charge is 0.00135 e. The highest BCUT2D eigenvalue weighted by Crippen LogP contribution is 2.45. The van der Waals surface area contributed by atoms with Crippen LogP contribution in [-0.4, -0.2) is 0 Å². The van der Waals surface area contributed by atoms with Crippen molar-refractivity contribution in [3.8, 4) is 11.1 Å². The topological polar surface area (TPSA) is 0 Å². The Balaban J connectivity index is -0.0000000889. The fourth-order valence-corrected chi connectivity index (χ4v) is 10.7. The van der Waals surface area contributed by atoms with E-state index in [0.717, 1.165) is 19.3 Å². The molecule has 646 valence electrons. The van der Waals surface area contributed by atoms with E-state index in [-0.39, 0.29) is 0 Å². The largest absolute Gasteiger partial charge is 0.0683 e. The van der Waals surface area contributed by atoms with E-state index in [1.807, 2.05) is 327 Å². The Morgan fingerprint density at radius 3 is 0.531 bits per heavy atom. The third-order valence-electron chi connectivity index (χ3n) is 15.4. The summed E-state index contributed by atoms with van der Waals surface area (Å²) in [6.45, 7) is 102. The molecule has 14 rings (SSSR count). The molecular weight excluding hydrogens is 1360 g/mol. The molecular formula is C113H194. The van der Waals surface area contributed by atoms with Crippen molar-refractivity contribution in [1.82, 2.24) is 0 Å². The molecule has 0 bridgehead atoms. The lowest BCUT2D eigenvalue weighted by molar-refractivity contribution is 1.10. The van der Waals surface area contributed by atoms with Crippen LogP contribution < -0.4 is 0 Å². The maximum Gasteiger partial charge on any atom is -0.00135 e. The molecule has 0 radical (unpaired) electrons. The van der Waals surface area contributed by atoms with Crippen LogP contribution in [0.4, 0.5) is 0 Å². The molecule has 5 aliphatic rings. The second-order valence-electron chi connectivity index (χ2n) is 20.0. The normalized spacial score (nSPS) is 10.2. The Kier molecular flexibility index (Phi) is 124. The van der Waals surface area contributed by atoms with Gasteiger partial charge in [0.05, 0.1) is 0 Å². The van der Waals surface area contributed by atoms with E-state index in [2.05, 4.69) is 225 Å². The summed E-state index contributed by atoms with van der Waals surface area (Å²) < 4.78 is 0. The fraction of sp³-hybridized carbons (Fsp3) is 0.487. The first-order chi connectivity index (χ1) is 55.5. The number of hydrogen-bond acceptors (Lipinski definition) is 0. The quantitative estimate of drug-likeness (QED) is 0.133. The van der Waals surface area contributed by atoms with Crippen LogP contribution in [0.3, 0.4) is 0 Å². The summed E-state index contributed by atoms with van der Waals surface area (Å²) in [7, 11) is 0. The van der Waals surface area contributed by atoms with Gasteiger partial charge < -0.3 is 0 Å². The summed E-state index contributed by atoms with van der Waals surface area (Å²) in [5, 5.41) is 7.87. The third kappa shape index (κ3) is 52.5. The van der Waals surface area contributed by atoms with Crippen molar-refractivity contribution in [1.29, 1.82) is 0 Å². The predicted molar refractivity (Wildman–Crippen MR) is 548 cm³/mol. The molecule has 5 aliphatic carbocycles. The van der Waals surface area contributed by atoms with Crippen molar-refractivity contribution in [2.45, 2.75) is 378 Å². The van der Waals surface area contributed by atoms with Gasteiger partial charge in [-0.2, -0.15) is 0 Å². The Bertz CT molecular complexity index is 3240. The van der Waals surface area contributed by atoms with E-state index in [9.17, 15) is 0 Å². The summed E-state index contributed by atoms with van der Waals surface area (Å²) in [6.07, 6.45) is 5.84. The predicted octanol–water partition coefficient (Wildman–Crippen LogP) is 41.5. The lowest BCUT2D eigenvalue weighted by atomic mass is 9.97. The molecule has 0 atom stereocenters. The van der Waals surface area contributed by atoms with Gasteiger partial charge in [0.25, 0.3) is 0 Å². The van der Waals surface area contributed by atoms with Gasteiger partial charge in [0.2, 0.25) is 0 Å². The van der Waals surface area contributed by atoms with Gasteiger partial charge >= 0.3 is 0 Å². The SMILES string of the molecule is CC.CC.CC.CC.CC.CC.CC.CC.CC.CC.CC.CC.CC.CC.CC.CC.CC.CC.CC.CC.CC.CC1=C(C)C2=C(C1)C(C)=C(C)C2.CC1=C(C)c2cc3c(cc2C1)C(C)=C(C)C3.c1ccc2c(c1)Cc1ccccc1-2.c1ccc2cc3ccccc3cc2c1.c1ccc2ccccc2c1.c1ccccc1. The molecule has 113 heavy (non-hydrogen) atoms. The van der Waals surface area contributed by atoms with Crippen LogP contribution in [0.5, 0.6) is 0 Å². The Morgan fingerprint density at radius 1 is 0.142 bits per heavy atom. The van der Waals surface area contributed by atoms with Gasteiger partial charge in [-0.05, 0) is 210 Å². The van der Waals surface area contributed by atoms with E-state index in [4.69, 9.17) is 0 Å². The highest BCUT2D eigenvalue weighted by Gasteiger charge is 2.26. The summed E-state index contributed by atoms with van der Waals surface area (Å²) in [6, 6.07) is 72.3. The molecule has 0 N–H and O–H groups in total. The van der Waals surface area contributed by atoms with Gasteiger partial charge in [0, 0.05) is 0 Å². The fourth-order valence-electron chi connectivity index (χ4n) is 10.7. The van der Waals surface area contributed by atoms with Gasteiger partial charge in [-0.3, -0.25) is 0 Å². The van der Waals surface area contributed by atoms with Gasteiger partial charge in [-0.1, -0.05) is 507 Å². The molecule has 9 aromatic rings. The zero-order valence-electron chi connectivity index (χ0n) is 85.2. The van der Waals surface area contributed by atoms with Crippen LogP contribution in [-0.2, 0) is 19.3 Å². The van der Waals surface area contributed by atoms with E-state index < -0.39 is 0 Å². The number of benzene rings is 9. The molecule has 0 nitrogen and oxygen atoms in total. The molecule has 0 aromatic heterocycles. The van der Waals surface area contributed by atoms with Crippen LogP contribution in [0.2, 0.25) is 0 Å². The van der Waals surface area contributed by atoms with Crippen molar-refractivity contribution < 1.29 is 0 Å². The van der Waals surface area contributed by atoms with Gasteiger partial charge in [-0.25, -0.2) is 0 Å². The number of allylic oxidation sites excluding steroid dienone is 10. The zero-order valence-corrected chi connectivity index (χ0v) is 85.2. The Hall–Kier alpha value is -7.54. The van der Waals surface area contributed by atoms with Crippen molar-refractivity contribution in [2.24, 2.45) is 0 Å². The van der Waals surface area contributed by atoms with Crippen LogP contribution in [0.15, 0.2) is 251 Å². The molecule has 0 unspecified atom stereocenters. The Morgan fingerprint density at radius 2 is 0.319 bits per heavy atom. The number of fused-ring (bicyclic) bond motifs is 8. The Labute approximate surface area is 712 Å². The second kappa shape index (κ2) is 104. The minimum atomic E-state index is 1.10. The molecule has 0 spiro atoms. The summed E-state index contributed by atoms with van der Waals surface area (Å²) >= 11 is 0. The molecule has 0 saturated heterocycles. The minimum absolute atomic E-state index is 1.10. The lowest BCUT2D eigenvalue weighted by Gasteiger charge is -2.07. The zero-order chi connectivity index (χ0) is 91.4. The monoisotopic (exact) mass is 1550 g/mol. The third-order valence-corrected chi connectivity index (χ3v) is 15.4. The summed E-state index contributed by atoms with van der Waals surface area (Å²) in [4.78, 5) is 0. The molecule has 0 aliphatic heterocycles. The molecule has 9 aromatic carbocycles. The lowest BCUT2D eigenvalue weighted by Crippen LogP contribution is -1.90. The van der Waals surface area contributed by atoms with Crippen molar-refractivity contribution >= 4 is 43.5 Å². The van der Waals surface area contributed by atoms with Crippen LogP contribution >= 0.6 is 0 Å². The molecule has 0 saturated carbocycles. The maximum absolute atomic E-state index is 2.43. The average Bonchev–Trinajstić information content (AvgIpc) is 1.63. The van der Waals surface area contributed by atoms with Gasteiger partial charge in [0.1, 0.15) is 0 Å². The highest BCUT2D eigenvalue weighted by atomic mass is 14.3. The first kappa shape index (κ1) is 135. The van der Waals surface area contributed by atoms with Crippen LogP contribution in [0, 0.1) is 0 Å². The standard InChI is InChI=1S/C16H18.C14H10.C13H10.C12H16.C10H8.C6H6.21C2H6/c1-9-5-13-7-16-12(4)10(2)6-14(16)8-15(13)11(9)3;1-2-6-12-10-14-8-4-3-7-13(14)9-11(12)5-1;1-3-7-12-10(5-1)9-11-6-2-4-8-13(11)12;1-7-5-11-10(4)8(2)6-12(11)9(7)3;1-2-6-10-8-4-3-7-9(10)5-1;1-2-4-6-5-3-1;21*1-2/h7-8H,5-6H2,1-4H3;1-10H;1-8H,9H2;5-6H2,1-4H3;1-8H;1-6H;21*1-2H3. The number of rotatable bonds is 0. The van der Waals surface area contributed by atoms with Gasteiger partial charge in [0.15, 0.2) is 0 Å².